The van der Waals surface area contributed by atoms with Crippen molar-refractivity contribution < 1.29 is 4.79 Å². The van der Waals surface area contributed by atoms with E-state index in [4.69, 9.17) is 0 Å². The molecule has 0 aromatic heterocycles. The summed E-state index contributed by atoms with van der Waals surface area (Å²) < 4.78 is 0. The Hall–Kier alpha value is -0.330. The van der Waals surface area contributed by atoms with Crippen LogP contribution in [0.1, 0.15) is 60.3 Å². The summed E-state index contributed by atoms with van der Waals surface area (Å²) in [6, 6.07) is 0. The van der Waals surface area contributed by atoms with Gasteiger partial charge in [0.05, 0.1) is 0 Å². The fraction of sp³-hybridized carbons (Fsp3) is 0.933. The Morgan fingerprint density at radius 3 is 2.38 bits per heavy atom. The molecule has 1 nitrogen and oxygen atoms in total. The summed E-state index contributed by atoms with van der Waals surface area (Å²) in [5.41, 5.74) is 0.652. The second kappa shape index (κ2) is 3.58. The number of carbonyl (C=O) groups excluding carboxylic acids is 1. The highest BCUT2D eigenvalue weighted by Gasteiger charge is 2.63. The molecule has 0 N–H and O–H groups in total. The standard InChI is InChI=1S/C15H26O/c1-6-10(2)13(16)12-9-11-7-8-15(12,5)14(11,3)4/h10-12H,6-9H2,1-5H3/t10-,11-,12+,15+/m1/s1. The van der Waals surface area contributed by atoms with Gasteiger partial charge in [0.25, 0.3) is 0 Å². The lowest BCUT2D eigenvalue weighted by molar-refractivity contribution is -0.131. The average Bonchev–Trinajstić information content (AvgIpc) is 2.58. The molecule has 0 aromatic carbocycles. The zero-order valence-electron chi connectivity index (χ0n) is 11.5. The largest absolute Gasteiger partial charge is 0.299 e. The van der Waals surface area contributed by atoms with Gasteiger partial charge in [0, 0.05) is 11.8 Å². The molecule has 0 aromatic rings. The van der Waals surface area contributed by atoms with E-state index in [1.165, 1.54) is 12.8 Å². The van der Waals surface area contributed by atoms with E-state index in [0.29, 0.717) is 17.1 Å². The Morgan fingerprint density at radius 2 is 2.00 bits per heavy atom. The van der Waals surface area contributed by atoms with Gasteiger partial charge in [0.2, 0.25) is 0 Å². The molecule has 0 unspecified atom stereocenters. The molecule has 1 heteroatoms. The molecular weight excluding hydrogens is 196 g/mol. The highest BCUT2D eigenvalue weighted by atomic mass is 16.1. The first-order valence-corrected chi connectivity index (χ1v) is 6.88. The van der Waals surface area contributed by atoms with E-state index in [1.54, 1.807) is 0 Å². The number of Topliss-reactive ketones (excluding diaryl/α,β-unsaturated/α-hetero) is 1. The van der Waals surface area contributed by atoms with Gasteiger partial charge in [0.15, 0.2) is 0 Å². The molecule has 2 rings (SSSR count). The molecule has 0 saturated heterocycles. The van der Waals surface area contributed by atoms with Crippen LogP contribution in [-0.2, 0) is 4.79 Å². The fourth-order valence-electron chi connectivity index (χ4n) is 4.18. The van der Waals surface area contributed by atoms with Crippen LogP contribution in [0.15, 0.2) is 0 Å². The Morgan fingerprint density at radius 1 is 1.38 bits per heavy atom. The van der Waals surface area contributed by atoms with Crippen LogP contribution >= 0.6 is 0 Å². The van der Waals surface area contributed by atoms with Gasteiger partial charge in [-0.25, -0.2) is 0 Å². The molecule has 2 saturated carbocycles. The quantitative estimate of drug-likeness (QED) is 0.703. The van der Waals surface area contributed by atoms with E-state index in [1.807, 2.05) is 0 Å². The molecule has 2 fully saturated rings. The van der Waals surface area contributed by atoms with Gasteiger partial charge >= 0.3 is 0 Å². The summed E-state index contributed by atoms with van der Waals surface area (Å²) in [4.78, 5) is 12.5. The third-order valence-electron chi connectivity index (χ3n) is 6.24. The van der Waals surface area contributed by atoms with Crippen molar-refractivity contribution in [3.63, 3.8) is 0 Å². The van der Waals surface area contributed by atoms with Crippen molar-refractivity contribution in [1.82, 2.24) is 0 Å². The maximum absolute atomic E-state index is 12.5. The van der Waals surface area contributed by atoms with Gasteiger partial charge in [-0.2, -0.15) is 0 Å². The average molecular weight is 222 g/mol. The molecule has 92 valence electrons. The van der Waals surface area contributed by atoms with Crippen LogP contribution in [-0.4, -0.2) is 5.78 Å². The number of rotatable bonds is 3. The van der Waals surface area contributed by atoms with Gasteiger partial charge in [-0.15, -0.1) is 0 Å². The molecule has 0 aliphatic heterocycles. The lowest BCUT2D eigenvalue weighted by atomic mass is 9.64. The highest BCUT2D eigenvalue weighted by molar-refractivity contribution is 5.84. The molecule has 0 amide bonds. The zero-order chi connectivity index (χ0) is 12.1. The van der Waals surface area contributed by atoms with E-state index in [9.17, 15) is 4.79 Å². The zero-order valence-corrected chi connectivity index (χ0v) is 11.5. The molecule has 2 bridgehead atoms. The maximum Gasteiger partial charge on any atom is 0.139 e. The molecular formula is C15H26O. The molecule has 2 aliphatic rings. The lowest BCUT2D eigenvalue weighted by Gasteiger charge is -2.39. The normalized spacial score (nSPS) is 42.3. The van der Waals surface area contributed by atoms with Crippen molar-refractivity contribution in [1.29, 1.82) is 0 Å². The van der Waals surface area contributed by atoms with Crippen LogP contribution < -0.4 is 0 Å². The minimum absolute atomic E-state index is 0.261. The van der Waals surface area contributed by atoms with Crippen molar-refractivity contribution in [2.24, 2.45) is 28.6 Å². The van der Waals surface area contributed by atoms with E-state index in [-0.39, 0.29) is 11.3 Å². The lowest BCUT2D eigenvalue weighted by Crippen LogP contribution is -2.38. The SMILES string of the molecule is CC[C@@H](C)C(=O)[C@@H]1C[C@H]2CC[C@]1(C)C2(C)C. The van der Waals surface area contributed by atoms with Crippen molar-refractivity contribution >= 4 is 5.78 Å². The summed E-state index contributed by atoms with van der Waals surface area (Å²) >= 11 is 0. The van der Waals surface area contributed by atoms with Crippen LogP contribution in [0.2, 0.25) is 0 Å². The van der Waals surface area contributed by atoms with Crippen LogP contribution in [0.25, 0.3) is 0 Å². The monoisotopic (exact) mass is 222 g/mol. The van der Waals surface area contributed by atoms with E-state index in [0.717, 1.165) is 18.8 Å². The Balaban J connectivity index is 2.25. The van der Waals surface area contributed by atoms with Gasteiger partial charge in [-0.1, -0.05) is 34.6 Å². The Bertz CT molecular complexity index is 305. The second-order valence-electron chi connectivity index (χ2n) is 6.87. The minimum Gasteiger partial charge on any atom is -0.299 e. The van der Waals surface area contributed by atoms with Crippen LogP contribution in [0, 0.1) is 28.6 Å². The topological polar surface area (TPSA) is 17.1 Å². The van der Waals surface area contributed by atoms with E-state index in [2.05, 4.69) is 34.6 Å². The van der Waals surface area contributed by atoms with Crippen molar-refractivity contribution in [2.45, 2.75) is 60.3 Å². The third-order valence-corrected chi connectivity index (χ3v) is 6.24. The predicted octanol–water partition coefficient (Wildman–Crippen LogP) is 4.06. The Kier molecular flexibility index (Phi) is 2.72. The second-order valence-corrected chi connectivity index (χ2v) is 6.87. The van der Waals surface area contributed by atoms with Gasteiger partial charge in [-0.05, 0) is 42.4 Å². The number of hydrogen-bond donors (Lipinski definition) is 0. The summed E-state index contributed by atoms with van der Waals surface area (Å²) in [6.45, 7) is 11.4. The van der Waals surface area contributed by atoms with Crippen LogP contribution in [0.4, 0.5) is 0 Å². The number of ketones is 1. The summed E-state index contributed by atoms with van der Waals surface area (Å²) in [6.07, 6.45) is 4.76. The van der Waals surface area contributed by atoms with Crippen molar-refractivity contribution in [3.8, 4) is 0 Å². The molecule has 0 spiro atoms. The van der Waals surface area contributed by atoms with Crippen molar-refractivity contribution in [3.05, 3.63) is 0 Å². The van der Waals surface area contributed by atoms with E-state index >= 15 is 0 Å². The number of carbonyl (C=O) groups is 1. The Labute approximate surface area is 100.0 Å². The first-order chi connectivity index (χ1) is 7.34. The number of fused-ring (bicyclic) bond motifs is 2. The van der Waals surface area contributed by atoms with Gasteiger partial charge in [0.1, 0.15) is 5.78 Å². The van der Waals surface area contributed by atoms with Gasteiger partial charge < -0.3 is 0 Å². The summed E-state index contributed by atoms with van der Waals surface area (Å²) in [7, 11) is 0. The third kappa shape index (κ3) is 1.33. The summed E-state index contributed by atoms with van der Waals surface area (Å²) in [5.74, 6) is 1.93. The predicted molar refractivity (Wildman–Crippen MR) is 67.2 cm³/mol. The first-order valence-electron chi connectivity index (χ1n) is 6.88. The van der Waals surface area contributed by atoms with Crippen LogP contribution in [0.5, 0.6) is 0 Å². The molecule has 2 aliphatic carbocycles. The van der Waals surface area contributed by atoms with Crippen molar-refractivity contribution in [2.75, 3.05) is 0 Å². The highest BCUT2D eigenvalue weighted by Crippen LogP contribution is 2.68. The smallest absolute Gasteiger partial charge is 0.139 e. The fourth-order valence-corrected chi connectivity index (χ4v) is 4.18. The molecule has 0 heterocycles. The molecule has 0 radical (unpaired) electrons. The number of hydrogen-bond acceptors (Lipinski definition) is 1. The van der Waals surface area contributed by atoms with E-state index < -0.39 is 0 Å². The summed E-state index contributed by atoms with van der Waals surface area (Å²) in [5, 5.41) is 0. The molecule has 16 heavy (non-hydrogen) atoms. The maximum atomic E-state index is 12.5. The molecule has 4 atom stereocenters. The van der Waals surface area contributed by atoms with Gasteiger partial charge in [-0.3, -0.25) is 4.79 Å². The first kappa shape index (κ1) is 12.1. The minimum atomic E-state index is 0.261. The van der Waals surface area contributed by atoms with Crippen LogP contribution in [0.3, 0.4) is 0 Å².